The Balaban J connectivity index is 2.11. The molecule has 0 atom stereocenters. The van der Waals surface area contributed by atoms with E-state index in [-0.39, 0.29) is 0 Å². The molecular weight excluding hydrogens is 180 g/mol. The predicted molar refractivity (Wildman–Crippen MR) is 65.4 cm³/mol. The molecule has 0 nitrogen and oxygen atoms in total. The molecule has 0 fully saturated rings. The molecule has 0 unspecified atom stereocenters. The van der Waals surface area contributed by atoms with Gasteiger partial charge in [0.05, 0.1) is 0 Å². The molecule has 0 amide bonds. The maximum atomic E-state index is 3.50. The lowest BCUT2D eigenvalue weighted by molar-refractivity contribution is 0.791. The quantitative estimate of drug-likeness (QED) is 0.624. The van der Waals surface area contributed by atoms with Crippen LogP contribution in [0, 0.1) is 6.08 Å². The zero-order valence-electron chi connectivity index (χ0n) is 9.77. The van der Waals surface area contributed by atoms with Gasteiger partial charge in [0.2, 0.25) is 0 Å². The van der Waals surface area contributed by atoms with Crippen LogP contribution in [-0.2, 0) is 0 Å². The van der Waals surface area contributed by atoms with Crippen molar-refractivity contribution < 1.29 is 0 Å². The zero-order chi connectivity index (χ0) is 10.7. The van der Waals surface area contributed by atoms with E-state index in [0.717, 1.165) is 12.8 Å². The first kappa shape index (κ1) is 10.5. The third-order valence-corrected chi connectivity index (χ3v) is 3.22. The van der Waals surface area contributed by atoms with Crippen LogP contribution in [0.15, 0.2) is 40.5 Å². The highest BCUT2D eigenvalue weighted by Gasteiger charge is 2.16. The summed E-state index contributed by atoms with van der Waals surface area (Å²) in [7, 11) is 0. The van der Waals surface area contributed by atoms with Crippen molar-refractivity contribution in [2.45, 2.75) is 46.0 Å². The van der Waals surface area contributed by atoms with Crippen LogP contribution in [0.25, 0.3) is 0 Å². The van der Waals surface area contributed by atoms with Gasteiger partial charge in [-0.1, -0.05) is 31.6 Å². The minimum absolute atomic E-state index is 1.02. The number of unbranched alkanes of at least 4 members (excludes halogenated alkanes) is 1. The monoisotopic (exact) mass is 199 g/mol. The Labute approximate surface area is 93.1 Å². The molecule has 0 heteroatoms. The minimum atomic E-state index is 1.02. The summed E-state index contributed by atoms with van der Waals surface area (Å²) in [6.07, 6.45) is 16.3. The van der Waals surface area contributed by atoms with E-state index in [1.165, 1.54) is 41.6 Å². The van der Waals surface area contributed by atoms with Gasteiger partial charge in [0.25, 0.3) is 0 Å². The Hall–Kier alpha value is -1.04. The van der Waals surface area contributed by atoms with Crippen LogP contribution in [0.1, 0.15) is 46.0 Å². The highest BCUT2D eigenvalue weighted by molar-refractivity contribution is 5.55. The number of rotatable bonds is 4. The van der Waals surface area contributed by atoms with E-state index in [0.29, 0.717) is 0 Å². The summed E-state index contributed by atoms with van der Waals surface area (Å²) in [5.74, 6) is 0. The number of hydrogen-bond donors (Lipinski definition) is 0. The van der Waals surface area contributed by atoms with Crippen molar-refractivity contribution in [3.63, 3.8) is 0 Å². The van der Waals surface area contributed by atoms with E-state index in [9.17, 15) is 0 Å². The first-order valence-electron chi connectivity index (χ1n) is 5.99. The summed E-state index contributed by atoms with van der Waals surface area (Å²) in [5.41, 5.74) is 5.94. The first-order chi connectivity index (χ1) is 7.33. The topological polar surface area (TPSA) is 0 Å². The fraction of sp³-hybridized carbons (Fsp3) is 0.467. The van der Waals surface area contributed by atoms with Crippen molar-refractivity contribution >= 4 is 0 Å². The highest BCUT2D eigenvalue weighted by Crippen LogP contribution is 2.35. The van der Waals surface area contributed by atoms with Crippen molar-refractivity contribution in [1.82, 2.24) is 0 Å². The number of allylic oxidation sites excluding steroid dienone is 8. The maximum absolute atomic E-state index is 3.50. The molecule has 0 bridgehead atoms. The standard InChI is InChI=1S/C15H19/c1-3-4-8-13-9-6-11-15(13)14-10-5-7-12(14)2/h5,7,11H,3-4,6,8,10H2,1-2H3. The van der Waals surface area contributed by atoms with E-state index in [1.54, 1.807) is 0 Å². The van der Waals surface area contributed by atoms with E-state index >= 15 is 0 Å². The van der Waals surface area contributed by atoms with E-state index in [4.69, 9.17) is 0 Å². The van der Waals surface area contributed by atoms with E-state index in [2.05, 4.69) is 38.2 Å². The number of hydrogen-bond acceptors (Lipinski definition) is 0. The van der Waals surface area contributed by atoms with Gasteiger partial charge in [0.15, 0.2) is 0 Å². The van der Waals surface area contributed by atoms with Crippen LogP contribution >= 0.6 is 0 Å². The molecule has 0 aromatic heterocycles. The molecule has 0 aliphatic heterocycles. The lowest BCUT2D eigenvalue weighted by Crippen LogP contribution is -1.92. The molecule has 0 spiro atoms. The van der Waals surface area contributed by atoms with E-state index < -0.39 is 0 Å². The average Bonchev–Trinajstić information content (AvgIpc) is 2.82. The third-order valence-electron chi connectivity index (χ3n) is 3.22. The molecule has 0 aromatic carbocycles. The Kier molecular flexibility index (Phi) is 3.25. The van der Waals surface area contributed by atoms with Gasteiger partial charge in [-0.25, -0.2) is 0 Å². The van der Waals surface area contributed by atoms with Gasteiger partial charge in [0.1, 0.15) is 0 Å². The molecule has 0 saturated carbocycles. The Morgan fingerprint density at radius 1 is 1.40 bits per heavy atom. The van der Waals surface area contributed by atoms with Crippen molar-refractivity contribution in [3.05, 3.63) is 46.6 Å². The Morgan fingerprint density at radius 2 is 2.27 bits per heavy atom. The zero-order valence-corrected chi connectivity index (χ0v) is 9.77. The summed E-state index contributed by atoms with van der Waals surface area (Å²) in [4.78, 5) is 0. The normalized spacial score (nSPS) is 19.9. The van der Waals surface area contributed by atoms with Crippen LogP contribution in [0.3, 0.4) is 0 Å². The summed E-state index contributed by atoms with van der Waals surface area (Å²) in [5, 5.41) is 0. The van der Waals surface area contributed by atoms with Crippen molar-refractivity contribution in [2.24, 2.45) is 0 Å². The lowest BCUT2D eigenvalue weighted by Gasteiger charge is -2.10. The van der Waals surface area contributed by atoms with Gasteiger partial charge in [0, 0.05) is 0 Å². The summed E-state index contributed by atoms with van der Waals surface area (Å²) >= 11 is 0. The molecule has 79 valence electrons. The lowest BCUT2D eigenvalue weighted by atomic mass is 9.94. The fourth-order valence-electron chi connectivity index (χ4n) is 2.31. The molecule has 2 rings (SSSR count). The van der Waals surface area contributed by atoms with Gasteiger partial charge >= 0.3 is 0 Å². The second kappa shape index (κ2) is 4.65. The van der Waals surface area contributed by atoms with Crippen molar-refractivity contribution in [2.75, 3.05) is 0 Å². The molecule has 2 aliphatic carbocycles. The van der Waals surface area contributed by atoms with Crippen molar-refractivity contribution in [1.29, 1.82) is 0 Å². The maximum Gasteiger partial charge on any atom is -0.00823 e. The molecule has 0 N–H and O–H groups in total. The second-order valence-electron chi connectivity index (χ2n) is 4.35. The molecule has 0 saturated heterocycles. The summed E-state index contributed by atoms with van der Waals surface area (Å²) in [6.45, 7) is 4.47. The third kappa shape index (κ3) is 2.14. The summed E-state index contributed by atoms with van der Waals surface area (Å²) < 4.78 is 0. The smallest absolute Gasteiger partial charge is 0.00823 e. The Bertz CT molecular complexity index is 361. The van der Waals surface area contributed by atoms with Gasteiger partial charge in [-0.3, -0.25) is 0 Å². The summed E-state index contributed by atoms with van der Waals surface area (Å²) in [6, 6.07) is 0. The molecule has 1 radical (unpaired) electrons. The SMILES string of the molecule is CCCCC1=[C]CC=C1C1=C(C)C=CC1. The van der Waals surface area contributed by atoms with Crippen molar-refractivity contribution in [3.8, 4) is 0 Å². The predicted octanol–water partition coefficient (Wildman–Crippen LogP) is 4.51. The minimum Gasteiger partial charge on any atom is -0.0798 e. The van der Waals surface area contributed by atoms with Crippen LogP contribution in [-0.4, -0.2) is 0 Å². The second-order valence-corrected chi connectivity index (χ2v) is 4.35. The molecule has 0 aromatic rings. The molecule has 0 heterocycles. The molecule has 2 aliphatic rings. The Morgan fingerprint density at radius 3 is 2.93 bits per heavy atom. The molecular formula is C15H19. The van der Waals surface area contributed by atoms with Crippen LogP contribution in [0.5, 0.6) is 0 Å². The van der Waals surface area contributed by atoms with Crippen LogP contribution in [0.4, 0.5) is 0 Å². The van der Waals surface area contributed by atoms with E-state index in [1.807, 2.05) is 0 Å². The van der Waals surface area contributed by atoms with Crippen LogP contribution in [0.2, 0.25) is 0 Å². The largest absolute Gasteiger partial charge is 0.0798 e. The highest BCUT2D eigenvalue weighted by atomic mass is 14.2. The fourth-order valence-corrected chi connectivity index (χ4v) is 2.31. The average molecular weight is 199 g/mol. The van der Waals surface area contributed by atoms with Gasteiger partial charge in [-0.05, 0) is 61.0 Å². The first-order valence-corrected chi connectivity index (χ1v) is 5.99. The van der Waals surface area contributed by atoms with Crippen LogP contribution < -0.4 is 0 Å². The van der Waals surface area contributed by atoms with Gasteiger partial charge in [-0.15, -0.1) is 0 Å². The van der Waals surface area contributed by atoms with Gasteiger partial charge < -0.3 is 0 Å². The molecule has 15 heavy (non-hydrogen) atoms. The van der Waals surface area contributed by atoms with Gasteiger partial charge in [-0.2, -0.15) is 0 Å².